The van der Waals surface area contributed by atoms with Crippen LogP contribution in [0.25, 0.3) is 0 Å². The monoisotopic (exact) mass is 2030 g/mol. The van der Waals surface area contributed by atoms with Crippen LogP contribution in [0.3, 0.4) is 0 Å². The van der Waals surface area contributed by atoms with Crippen molar-refractivity contribution in [3.05, 3.63) is 396 Å². The average molecular weight is 2030 g/mol. The Kier molecular flexibility index (Phi) is 36.7. The molecule has 0 unspecified atom stereocenters. The van der Waals surface area contributed by atoms with E-state index in [1.165, 1.54) is 147 Å². The average Bonchev–Trinajstić information content (AvgIpc) is 0.816. The van der Waals surface area contributed by atoms with Crippen molar-refractivity contribution in [2.24, 2.45) is 0 Å². The molecular weight excluding hydrogens is 1930 g/mol. The number of sulfonamides is 5. The van der Waals surface area contributed by atoms with Crippen LogP contribution >= 0.6 is 23.2 Å². The third kappa shape index (κ3) is 31.0. The molecule has 724 valence electrons. The quantitative estimate of drug-likeness (QED) is 0.0234. The maximum absolute atomic E-state index is 13.5. The summed E-state index contributed by atoms with van der Waals surface area (Å²) in [6.45, 7) is 19.2. The van der Waals surface area contributed by atoms with Gasteiger partial charge >= 0.3 is 0 Å². The zero-order chi connectivity index (χ0) is 101. The topological polar surface area (TPSA) is 415 Å². The molecule has 0 saturated heterocycles. The molecule has 6 aromatic heterocycles. The minimum atomic E-state index is -4.00. The smallest absolute Gasteiger partial charge is 0.263 e. The van der Waals surface area contributed by atoms with Crippen molar-refractivity contribution in [1.29, 1.82) is 0 Å². The number of hydrogen-bond acceptors (Lipinski definition) is 25. The molecule has 15 aromatic rings. The molecule has 0 amide bonds. The highest BCUT2D eigenvalue weighted by molar-refractivity contribution is 7.94. The van der Waals surface area contributed by atoms with Gasteiger partial charge in [-0.15, -0.1) is 0 Å². The van der Waals surface area contributed by atoms with E-state index in [4.69, 9.17) is 51.6 Å². The molecule has 38 heteroatoms. The summed E-state index contributed by atoms with van der Waals surface area (Å²) in [4.78, 5) is 62.4. The molecule has 9 aromatic carbocycles. The van der Waals surface area contributed by atoms with E-state index in [1.807, 2.05) is 67.5 Å². The van der Waals surface area contributed by atoms with E-state index in [0.717, 1.165) is 11.6 Å². The molecule has 0 saturated carbocycles. The molecule has 0 aliphatic rings. The maximum Gasteiger partial charge on any atom is 0.263 e. The SMILES string of the molecule is CC(C)Oc1ccc(S(=O)(=O)Nc2ccc(Cl)cc2Oc2cccnc2)cc1.CC(C)Oc1ccc(S(=O)(=O)Nc2cccnc2C(=O)c2ccccc2)cc1.CC(C)Oc1ccc(S(=O)(=O)Nc2ccncc2C(=O)c2ccncc2)cc1.CC(C)Oc1ccc(S(=O)(=O)Nc2ncccc2C(=O)c2cccc(F)c2)cc1.CC(C)c1ccc(S(=O)(=O)Nc2ccc(Cl)cc2Oc2cccnc2)cc1. The van der Waals surface area contributed by atoms with E-state index >= 15 is 0 Å². The van der Waals surface area contributed by atoms with Gasteiger partial charge in [0.1, 0.15) is 46.0 Å². The summed E-state index contributed by atoms with van der Waals surface area (Å²) in [6, 6.07) is 71.6. The van der Waals surface area contributed by atoms with Crippen LogP contribution in [0.1, 0.15) is 129 Å². The molecule has 0 atom stereocenters. The Morgan fingerprint density at radius 1 is 0.300 bits per heavy atom. The highest BCUT2D eigenvalue weighted by Crippen LogP contribution is 2.38. The van der Waals surface area contributed by atoms with Gasteiger partial charge in [0.05, 0.1) is 95.2 Å². The summed E-state index contributed by atoms with van der Waals surface area (Å²) < 4.78 is 187. The van der Waals surface area contributed by atoms with E-state index < -0.39 is 61.7 Å². The number of ether oxygens (including phenoxy) is 6. The van der Waals surface area contributed by atoms with Crippen molar-refractivity contribution in [1.82, 2.24) is 29.9 Å². The van der Waals surface area contributed by atoms with Gasteiger partial charge in [0.15, 0.2) is 28.9 Å². The Hall–Kier alpha value is -15.1. The lowest BCUT2D eigenvalue weighted by atomic mass is 10.0. The lowest BCUT2D eigenvalue weighted by Crippen LogP contribution is -2.17. The first kappa shape index (κ1) is 105. The number of nitrogens with zero attached hydrogens (tertiary/aromatic N) is 6. The molecular formula is C102H96Cl2FN11O19S5. The zero-order valence-corrected chi connectivity index (χ0v) is 82.4. The zero-order valence-electron chi connectivity index (χ0n) is 76.8. The largest absolute Gasteiger partial charge is 0.491 e. The molecule has 30 nitrogen and oxygen atoms in total. The van der Waals surface area contributed by atoms with Gasteiger partial charge in [-0.05, 0) is 279 Å². The number of carbonyl (C=O) groups excluding carboxylic acids is 3. The normalized spacial score (nSPS) is 11.3. The van der Waals surface area contributed by atoms with Crippen LogP contribution < -0.4 is 52.0 Å². The van der Waals surface area contributed by atoms with Crippen LogP contribution in [0.5, 0.6) is 46.0 Å². The van der Waals surface area contributed by atoms with E-state index in [9.17, 15) is 60.9 Å². The van der Waals surface area contributed by atoms with Crippen molar-refractivity contribution < 1.29 is 89.3 Å². The van der Waals surface area contributed by atoms with E-state index in [2.05, 4.69) is 67.4 Å². The van der Waals surface area contributed by atoms with Crippen molar-refractivity contribution >= 4 is 119 Å². The first-order valence-electron chi connectivity index (χ1n) is 42.9. The molecule has 0 radical (unpaired) electrons. The van der Waals surface area contributed by atoms with Gasteiger partial charge < -0.3 is 28.4 Å². The molecule has 140 heavy (non-hydrogen) atoms. The Balaban J connectivity index is 0.000000167. The standard InChI is InChI=1S/C21H19FN2O4S.C21H20N2O4S.C20H19ClN2O4S.C20H19ClN2O3S.C20H19N3O4S/c1-14(2)28-17-8-10-18(11-9-17)29(26,27)24-21-19(7-4-12-23-21)20(25)15-5-3-6-16(22)13-15;1-15(2)27-17-10-12-18(13-11-17)28(25,26)23-19-9-6-14-22-20(19)21(24)16-7-4-3-5-8-16;1-14(2)26-16-6-8-18(9-7-16)28(24,25)23-19-10-5-15(21)12-20(19)27-17-4-3-11-22-13-17;1-14(2)15-5-8-18(9-6-15)27(24,25)23-19-10-7-16(21)12-20(19)26-17-4-3-11-22-13-17;1-14(2)27-16-3-5-17(6-4-16)28(25,26)23-19-9-12-22-13-18(19)20(24)15-7-10-21-11-8-15/h3-14H,1-2H3,(H,23,24);3-15,23H,1-2H3;3-14,23H,1-2H3;3-14,23H,1-2H3;3-14H,1-2H3,(H,22,23). The molecule has 0 aliphatic carbocycles. The molecule has 15 rings (SSSR count). The molecule has 0 bridgehead atoms. The third-order valence-corrected chi connectivity index (χ3v) is 26.3. The Labute approximate surface area is 822 Å². The number of hydrogen-bond donors (Lipinski definition) is 5. The number of benzene rings is 9. The van der Waals surface area contributed by atoms with Gasteiger partial charge in [0.2, 0.25) is 5.78 Å². The van der Waals surface area contributed by atoms with Crippen LogP contribution in [0.2, 0.25) is 10.0 Å². The fourth-order valence-corrected chi connectivity index (χ4v) is 18.1. The number of carbonyl (C=O) groups is 3. The van der Waals surface area contributed by atoms with Crippen molar-refractivity contribution in [3.63, 3.8) is 0 Å². The van der Waals surface area contributed by atoms with E-state index in [-0.39, 0.29) is 123 Å². The second-order valence-electron chi connectivity index (χ2n) is 31.5. The van der Waals surface area contributed by atoms with Crippen molar-refractivity contribution in [2.75, 3.05) is 23.6 Å². The summed E-state index contributed by atoms with van der Waals surface area (Å²) in [5, 5.41) is 0.843. The van der Waals surface area contributed by atoms with Crippen LogP contribution in [-0.2, 0) is 50.1 Å². The first-order chi connectivity index (χ1) is 66.7. The fourth-order valence-electron chi connectivity index (χ4n) is 12.5. The summed E-state index contributed by atoms with van der Waals surface area (Å²) in [7, 11) is -19.4. The fraction of sp³-hybridized carbons (Fsp3) is 0.147. The van der Waals surface area contributed by atoms with Gasteiger partial charge in [0.25, 0.3) is 50.1 Å². The Morgan fingerprint density at radius 2 is 0.671 bits per heavy atom. The number of pyridine rings is 6. The van der Waals surface area contributed by atoms with Crippen LogP contribution in [-0.4, -0.2) is 114 Å². The molecule has 0 aliphatic heterocycles. The second kappa shape index (κ2) is 48.8. The number of rotatable bonds is 34. The van der Waals surface area contributed by atoms with Crippen LogP contribution in [0.4, 0.5) is 33.0 Å². The Bertz CT molecular complexity index is 7190. The van der Waals surface area contributed by atoms with Crippen molar-refractivity contribution in [3.8, 4) is 46.0 Å². The van der Waals surface area contributed by atoms with Crippen LogP contribution in [0.15, 0.2) is 365 Å². The predicted molar refractivity (Wildman–Crippen MR) is 535 cm³/mol. The molecule has 5 N–H and O–H groups in total. The van der Waals surface area contributed by atoms with Gasteiger partial charge in [-0.25, -0.2) is 51.5 Å². The van der Waals surface area contributed by atoms with Crippen molar-refractivity contribution in [2.45, 2.75) is 124 Å². The summed E-state index contributed by atoms with van der Waals surface area (Å²) in [5.41, 5.74) is 3.01. The number of anilines is 5. The number of halogens is 3. The molecule has 6 heterocycles. The highest BCUT2D eigenvalue weighted by Gasteiger charge is 2.27. The van der Waals surface area contributed by atoms with Gasteiger partial charge in [-0.2, -0.15) is 0 Å². The second-order valence-corrected chi connectivity index (χ2v) is 40.8. The minimum absolute atomic E-state index is 0.00170. The summed E-state index contributed by atoms with van der Waals surface area (Å²) in [5.74, 6) is 2.15. The minimum Gasteiger partial charge on any atom is -0.491 e. The third-order valence-electron chi connectivity index (χ3n) is 18.9. The van der Waals surface area contributed by atoms with Gasteiger partial charge in [-0.3, -0.25) is 62.9 Å². The number of nitrogens with one attached hydrogen (secondary N) is 5. The molecule has 0 spiro atoms. The number of aromatic nitrogens is 6. The Morgan fingerprint density at radius 3 is 1.09 bits per heavy atom. The summed E-state index contributed by atoms with van der Waals surface area (Å²) >= 11 is 12.1. The molecule has 0 fully saturated rings. The lowest BCUT2D eigenvalue weighted by Gasteiger charge is -2.14. The van der Waals surface area contributed by atoms with Gasteiger partial charge in [0, 0.05) is 88.4 Å². The van der Waals surface area contributed by atoms with Crippen LogP contribution in [0, 0.1) is 5.82 Å². The number of ketones is 3. The predicted octanol–water partition coefficient (Wildman–Crippen LogP) is 21.8. The van der Waals surface area contributed by atoms with Gasteiger partial charge in [-0.1, -0.05) is 91.6 Å². The lowest BCUT2D eigenvalue weighted by molar-refractivity contribution is 0.102. The summed E-state index contributed by atoms with van der Waals surface area (Å²) in [6.07, 6.45) is 14.8. The van der Waals surface area contributed by atoms with E-state index in [0.29, 0.717) is 61.6 Å². The maximum atomic E-state index is 13.5. The highest BCUT2D eigenvalue weighted by atomic mass is 35.5. The first-order valence-corrected chi connectivity index (χ1v) is 51.1. The van der Waals surface area contributed by atoms with E-state index in [1.54, 1.807) is 176 Å².